The molecule has 1 aliphatic rings. The number of piperidine rings is 1. The van der Waals surface area contributed by atoms with Gasteiger partial charge in [-0.1, -0.05) is 19.1 Å². The van der Waals surface area contributed by atoms with Gasteiger partial charge in [-0.15, -0.1) is 0 Å². The number of rotatable bonds is 3. The quantitative estimate of drug-likeness (QED) is 0.852. The van der Waals surface area contributed by atoms with Gasteiger partial charge in [0.05, 0.1) is 12.8 Å². The van der Waals surface area contributed by atoms with Gasteiger partial charge < -0.3 is 15.4 Å². The Labute approximate surface area is 114 Å². The number of hydrogen-bond donors (Lipinski definition) is 1. The molecule has 0 saturated carbocycles. The predicted octanol–water partition coefficient (Wildman–Crippen LogP) is 2.57. The summed E-state index contributed by atoms with van der Waals surface area (Å²) in [4.78, 5) is 2.82. The van der Waals surface area contributed by atoms with E-state index in [1.165, 1.54) is 12.8 Å². The van der Waals surface area contributed by atoms with Crippen molar-refractivity contribution >= 4 is 22.9 Å². The zero-order valence-electron chi connectivity index (χ0n) is 11.0. The summed E-state index contributed by atoms with van der Waals surface area (Å²) in [5, 5.41) is 0. The Kier molecular flexibility index (Phi) is 4.07. The van der Waals surface area contributed by atoms with Crippen LogP contribution in [0.5, 0.6) is 5.75 Å². The normalized spacial score (nSPS) is 19.7. The summed E-state index contributed by atoms with van der Waals surface area (Å²) < 4.78 is 5.30. The molecule has 18 heavy (non-hydrogen) atoms. The van der Waals surface area contributed by atoms with Crippen LogP contribution in [0.3, 0.4) is 0 Å². The summed E-state index contributed by atoms with van der Waals surface area (Å²) in [5.41, 5.74) is 7.86. The molecule has 0 amide bonds. The van der Waals surface area contributed by atoms with E-state index in [4.69, 9.17) is 22.7 Å². The van der Waals surface area contributed by atoms with Crippen LogP contribution in [0, 0.1) is 5.92 Å². The highest BCUT2D eigenvalue weighted by atomic mass is 32.1. The smallest absolute Gasteiger partial charge is 0.120 e. The topological polar surface area (TPSA) is 38.5 Å². The third-order valence-corrected chi connectivity index (χ3v) is 3.69. The fraction of sp³-hybridized carbons (Fsp3) is 0.500. The van der Waals surface area contributed by atoms with E-state index in [2.05, 4.69) is 11.8 Å². The molecule has 1 atom stereocenters. The minimum Gasteiger partial charge on any atom is -0.497 e. The van der Waals surface area contributed by atoms with Crippen LogP contribution in [0.2, 0.25) is 0 Å². The van der Waals surface area contributed by atoms with E-state index in [9.17, 15) is 0 Å². The highest BCUT2D eigenvalue weighted by Gasteiger charge is 2.20. The summed E-state index contributed by atoms with van der Waals surface area (Å²) in [5.74, 6) is 1.56. The summed E-state index contributed by atoms with van der Waals surface area (Å²) >= 11 is 5.14. The van der Waals surface area contributed by atoms with Gasteiger partial charge in [0.15, 0.2) is 0 Å². The van der Waals surface area contributed by atoms with Crippen LogP contribution >= 0.6 is 12.2 Å². The lowest BCUT2D eigenvalue weighted by molar-refractivity contribution is 0.413. The lowest BCUT2D eigenvalue weighted by Gasteiger charge is -2.34. The van der Waals surface area contributed by atoms with Crippen molar-refractivity contribution in [2.24, 2.45) is 11.7 Å². The van der Waals surface area contributed by atoms with Crippen molar-refractivity contribution in [2.45, 2.75) is 19.8 Å². The Morgan fingerprint density at radius 2 is 2.28 bits per heavy atom. The lowest BCUT2D eigenvalue weighted by atomic mass is 9.98. The van der Waals surface area contributed by atoms with E-state index in [-0.39, 0.29) is 0 Å². The van der Waals surface area contributed by atoms with E-state index >= 15 is 0 Å². The van der Waals surface area contributed by atoms with Crippen molar-refractivity contribution in [1.82, 2.24) is 0 Å². The predicted molar refractivity (Wildman–Crippen MR) is 79.5 cm³/mol. The van der Waals surface area contributed by atoms with Crippen molar-refractivity contribution in [3.8, 4) is 5.75 Å². The van der Waals surface area contributed by atoms with E-state index in [1.54, 1.807) is 7.11 Å². The molecule has 1 fully saturated rings. The van der Waals surface area contributed by atoms with E-state index < -0.39 is 0 Å². The third-order valence-electron chi connectivity index (χ3n) is 3.47. The fourth-order valence-corrected chi connectivity index (χ4v) is 2.69. The van der Waals surface area contributed by atoms with Crippen LogP contribution in [0.4, 0.5) is 5.69 Å². The summed E-state index contributed by atoms with van der Waals surface area (Å²) in [6.45, 7) is 4.41. The SMILES string of the molecule is COc1ccc(C(N)=S)c(N2CCCC(C)C2)c1. The highest BCUT2D eigenvalue weighted by Crippen LogP contribution is 2.29. The van der Waals surface area contributed by atoms with Crippen LogP contribution in [0.1, 0.15) is 25.3 Å². The van der Waals surface area contributed by atoms with Gasteiger partial charge in [-0.05, 0) is 30.9 Å². The maximum Gasteiger partial charge on any atom is 0.120 e. The molecule has 3 nitrogen and oxygen atoms in total. The number of nitrogens with two attached hydrogens (primary N) is 1. The molecule has 1 aliphatic heterocycles. The van der Waals surface area contributed by atoms with Gasteiger partial charge in [0.25, 0.3) is 0 Å². The fourth-order valence-electron chi connectivity index (χ4n) is 2.52. The largest absolute Gasteiger partial charge is 0.497 e. The molecule has 0 radical (unpaired) electrons. The molecule has 1 heterocycles. The molecular formula is C14H20N2OS. The molecule has 0 spiro atoms. The summed E-state index contributed by atoms with van der Waals surface area (Å²) in [6.07, 6.45) is 2.51. The highest BCUT2D eigenvalue weighted by molar-refractivity contribution is 7.80. The average Bonchev–Trinajstić information content (AvgIpc) is 2.38. The van der Waals surface area contributed by atoms with Gasteiger partial charge >= 0.3 is 0 Å². The molecule has 1 saturated heterocycles. The van der Waals surface area contributed by atoms with E-state index in [1.807, 2.05) is 18.2 Å². The van der Waals surface area contributed by atoms with Crippen LogP contribution in [-0.2, 0) is 0 Å². The van der Waals surface area contributed by atoms with Crippen molar-refractivity contribution in [1.29, 1.82) is 0 Å². The first-order valence-electron chi connectivity index (χ1n) is 6.34. The third kappa shape index (κ3) is 2.75. The van der Waals surface area contributed by atoms with Gasteiger partial charge in [0, 0.05) is 24.7 Å². The van der Waals surface area contributed by atoms with Crippen LogP contribution in [0.15, 0.2) is 18.2 Å². The van der Waals surface area contributed by atoms with Crippen LogP contribution < -0.4 is 15.4 Å². The molecular weight excluding hydrogens is 244 g/mol. The number of methoxy groups -OCH3 is 1. The van der Waals surface area contributed by atoms with Gasteiger partial charge in [0.1, 0.15) is 10.7 Å². The Hall–Kier alpha value is -1.29. The molecule has 1 aromatic carbocycles. The number of hydrogen-bond acceptors (Lipinski definition) is 3. The molecule has 98 valence electrons. The molecule has 1 aromatic rings. The van der Waals surface area contributed by atoms with E-state index in [0.29, 0.717) is 10.9 Å². The number of ether oxygens (including phenoxy) is 1. The molecule has 4 heteroatoms. The van der Waals surface area contributed by atoms with Crippen LogP contribution in [0.25, 0.3) is 0 Å². The first kappa shape index (κ1) is 13.1. The minimum atomic E-state index is 0.450. The second kappa shape index (κ2) is 5.57. The first-order valence-corrected chi connectivity index (χ1v) is 6.75. The van der Waals surface area contributed by atoms with Gasteiger partial charge in [0.2, 0.25) is 0 Å². The lowest BCUT2D eigenvalue weighted by Crippen LogP contribution is -2.35. The van der Waals surface area contributed by atoms with Crippen LogP contribution in [-0.4, -0.2) is 25.2 Å². The zero-order chi connectivity index (χ0) is 13.1. The first-order chi connectivity index (χ1) is 8.61. The summed E-state index contributed by atoms with van der Waals surface area (Å²) in [6, 6.07) is 5.90. The standard InChI is InChI=1S/C14H20N2OS/c1-10-4-3-7-16(9-10)13-8-11(17-2)5-6-12(13)14(15)18/h5-6,8,10H,3-4,7,9H2,1-2H3,(H2,15,18). The Balaban J connectivity index is 2.36. The molecule has 1 unspecified atom stereocenters. The molecule has 0 bridgehead atoms. The molecule has 0 aliphatic carbocycles. The summed E-state index contributed by atoms with van der Waals surface area (Å²) in [7, 11) is 1.68. The zero-order valence-corrected chi connectivity index (χ0v) is 11.8. The molecule has 0 aromatic heterocycles. The Morgan fingerprint density at radius 1 is 1.50 bits per heavy atom. The minimum absolute atomic E-state index is 0.450. The van der Waals surface area contributed by atoms with E-state index in [0.717, 1.165) is 30.1 Å². The van der Waals surface area contributed by atoms with Gasteiger partial charge in [-0.3, -0.25) is 0 Å². The van der Waals surface area contributed by atoms with Crippen molar-refractivity contribution in [2.75, 3.05) is 25.1 Å². The number of benzene rings is 1. The second-order valence-electron chi connectivity index (χ2n) is 4.94. The maximum atomic E-state index is 5.81. The Bertz CT molecular complexity index is 447. The number of nitrogens with zero attached hydrogens (tertiary/aromatic N) is 1. The number of anilines is 1. The van der Waals surface area contributed by atoms with Crippen molar-refractivity contribution < 1.29 is 4.74 Å². The Morgan fingerprint density at radius 3 is 2.89 bits per heavy atom. The van der Waals surface area contributed by atoms with Crippen molar-refractivity contribution in [3.63, 3.8) is 0 Å². The number of thiocarbonyl (C=S) groups is 1. The molecule has 2 rings (SSSR count). The van der Waals surface area contributed by atoms with Gasteiger partial charge in [-0.2, -0.15) is 0 Å². The van der Waals surface area contributed by atoms with Gasteiger partial charge in [-0.25, -0.2) is 0 Å². The molecule has 2 N–H and O–H groups in total. The monoisotopic (exact) mass is 264 g/mol. The second-order valence-corrected chi connectivity index (χ2v) is 5.38. The maximum absolute atomic E-state index is 5.81. The average molecular weight is 264 g/mol. The van der Waals surface area contributed by atoms with Crippen molar-refractivity contribution in [3.05, 3.63) is 23.8 Å².